The van der Waals surface area contributed by atoms with Crippen LogP contribution in [0.2, 0.25) is 0 Å². The van der Waals surface area contributed by atoms with Gasteiger partial charge in [0.05, 0.1) is 11.4 Å². The van der Waals surface area contributed by atoms with E-state index in [0.717, 1.165) is 11.1 Å². The molecule has 3 aromatic rings. The fourth-order valence-corrected chi connectivity index (χ4v) is 2.04. The number of nitrogens with two attached hydrogens (primary N) is 2. The van der Waals surface area contributed by atoms with E-state index < -0.39 is 0 Å². The standard InChI is InChI=1S/C16H13FN4/c17-12-5-1-10(2-6-12)14-9-15(21-16(19)20-14)11-3-7-13(18)8-4-11/h1-9H,18H2,(H2,19,20,21). The Hall–Kier alpha value is -2.95. The molecule has 5 heteroatoms. The Kier molecular flexibility index (Phi) is 3.23. The zero-order valence-electron chi connectivity index (χ0n) is 11.1. The van der Waals surface area contributed by atoms with E-state index in [9.17, 15) is 4.39 Å². The minimum absolute atomic E-state index is 0.170. The number of hydrogen-bond donors (Lipinski definition) is 2. The van der Waals surface area contributed by atoms with E-state index in [-0.39, 0.29) is 11.8 Å². The molecule has 0 aliphatic carbocycles. The first kappa shape index (κ1) is 13.1. The van der Waals surface area contributed by atoms with Gasteiger partial charge in [0, 0.05) is 16.8 Å². The van der Waals surface area contributed by atoms with Crippen LogP contribution < -0.4 is 11.5 Å². The molecule has 4 N–H and O–H groups in total. The Balaban J connectivity index is 2.07. The molecule has 2 aromatic carbocycles. The zero-order valence-corrected chi connectivity index (χ0v) is 11.1. The maximum Gasteiger partial charge on any atom is 0.221 e. The summed E-state index contributed by atoms with van der Waals surface area (Å²) in [5.74, 6) is -0.122. The molecule has 0 fully saturated rings. The van der Waals surface area contributed by atoms with Crippen molar-refractivity contribution < 1.29 is 4.39 Å². The lowest BCUT2D eigenvalue weighted by atomic mass is 10.1. The van der Waals surface area contributed by atoms with E-state index in [1.807, 2.05) is 18.2 Å². The molecular formula is C16H13FN4. The maximum atomic E-state index is 13.0. The van der Waals surface area contributed by atoms with E-state index in [0.29, 0.717) is 17.1 Å². The number of halogens is 1. The van der Waals surface area contributed by atoms with Crippen molar-refractivity contribution in [2.75, 3.05) is 11.5 Å². The summed E-state index contributed by atoms with van der Waals surface area (Å²) in [4.78, 5) is 8.42. The molecule has 0 saturated heterocycles. The second kappa shape index (κ2) is 5.20. The summed E-state index contributed by atoms with van der Waals surface area (Å²) in [5.41, 5.74) is 15.1. The van der Waals surface area contributed by atoms with Crippen LogP contribution in [0.3, 0.4) is 0 Å². The molecule has 104 valence electrons. The van der Waals surface area contributed by atoms with Crippen molar-refractivity contribution in [2.24, 2.45) is 0 Å². The molecule has 0 saturated carbocycles. The molecule has 0 spiro atoms. The Morgan fingerprint density at radius 1 is 0.714 bits per heavy atom. The molecule has 0 atom stereocenters. The van der Waals surface area contributed by atoms with E-state index in [2.05, 4.69) is 9.97 Å². The molecule has 0 aliphatic heterocycles. The van der Waals surface area contributed by atoms with Crippen LogP contribution in [-0.4, -0.2) is 9.97 Å². The SMILES string of the molecule is Nc1ccc(-c2cc(-c3ccc(F)cc3)nc(N)n2)cc1. The van der Waals surface area contributed by atoms with Gasteiger partial charge in [0.15, 0.2) is 0 Å². The van der Waals surface area contributed by atoms with Crippen molar-refractivity contribution in [2.45, 2.75) is 0 Å². The van der Waals surface area contributed by atoms with Crippen molar-refractivity contribution in [3.8, 4) is 22.5 Å². The normalized spacial score (nSPS) is 10.5. The molecule has 0 aliphatic rings. The summed E-state index contributed by atoms with van der Waals surface area (Å²) in [6, 6.07) is 15.2. The van der Waals surface area contributed by atoms with Gasteiger partial charge in [-0.05, 0) is 42.5 Å². The van der Waals surface area contributed by atoms with Gasteiger partial charge in [0.25, 0.3) is 0 Å². The third kappa shape index (κ3) is 2.81. The number of benzene rings is 2. The van der Waals surface area contributed by atoms with Crippen LogP contribution in [0.4, 0.5) is 16.0 Å². The molecule has 3 rings (SSSR count). The van der Waals surface area contributed by atoms with Crippen LogP contribution >= 0.6 is 0 Å². The highest BCUT2D eigenvalue weighted by atomic mass is 19.1. The predicted octanol–water partition coefficient (Wildman–Crippen LogP) is 3.11. The molecule has 0 radical (unpaired) electrons. The van der Waals surface area contributed by atoms with Crippen molar-refractivity contribution in [3.05, 3.63) is 60.4 Å². The number of aromatic nitrogens is 2. The van der Waals surface area contributed by atoms with Gasteiger partial charge in [-0.25, -0.2) is 14.4 Å². The first-order valence-corrected chi connectivity index (χ1v) is 6.38. The predicted molar refractivity (Wildman–Crippen MR) is 81.7 cm³/mol. The lowest BCUT2D eigenvalue weighted by Crippen LogP contribution is -1.98. The summed E-state index contributed by atoms with van der Waals surface area (Å²) in [6.07, 6.45) is 0. The van der Waals surface area contributed by atoms with Crippen LogP contribution in [0.1, 0.15) is 0 Å². The van der Waals surface area contributed by atoms with E-state index in [1.165, 1.54) is 12.1 Å². The minimum Gasteiger partial charge on any atom is -0.399 e. The summed E-state index contributed by atoms with van der Waals surface area (Å²) in [5, 5.41) is 0. The number of anilines is 2. The van der Waals surface area contributed by atoms with E-state index in [4.69, 9.17) is 11.5 Å². The monoisotopic (exact) mass is 280 g/mol. The second-order valence-corrected chi connectivity index (χ2v) is 4.63. The fourth-order valence-electron chi connectivity index (χ4n) is 2.04. The number of rotatable bonds is 2. The fraction of sp³-hybridized carbons (Fsp3) is 0. The first-order chi connectivity index (χ1) is 10.1. The molecule has 0 unspecified atom stereocenters. The topological polar surface area (TPSA) is 77.8 Å². The lowest BCUT2D eigenvalue weighted by molar-refractivity contribution is 0.628. The summed E-state index contributed by atoms with van der Waals surface area (Å²) < 4.78 is 13.0. The van der Waals surface area contributed by atoms with Crippen LogP contribution in [0.5, 0.6) is 0 Å². The summed E-state index contributed by atoms with van der Waals surface area (Å²) in [7, 11) is 0. The molecule has 0 amide bonds. The van der Waals surface area contributed by atoms with Crippen LogP contribution in [0, 0.1) is 5.82 Å². The Bertz CT molecular complexity index is 704. The molecule has 21 heavy (non-hydrogen) atoms. The van der Waals surface area contributed by atoms with E-state index in [1.54, 1.807) is 24.3 Å². The van der Waals surface area contributed by atoms with Gasteiger partial charge in [0.1, 0.15) is 5.82 Å². The number of nitrogen functional groups attached to an aromatic ring is 2. The summed E-state index contributed by atoms with van der Waals surface area (Å²) in [6.45, 7) is 0. The van der Waals surface area contributed by atoms with Gasteiger partial charge >= 0.3 is 0 Å². The molecule has 1 aromatic heterocycles. The van der Waals surface area contributed by atoms with Gasteiger partial charge < -0.3 is 11.5 Å². The largest absolute Gasteiger partial charge is 0.399 e. The molecule has 1 heterocycles. The van der Waals surface area contributed by atoms with Gasteiger partial charge in [-0.1, -0.05) is 12.1 Å². The lowest BCUT2D eigenvalue weighted by Gasteiger charge is -2.06. The maximum absolute atomic E-state index is 13.0. The highest BCUT2D eigenvalue weighted by Gasteiger charge is 2.07. The Labute approximate surface area is 121 Å². The molecule has 0 bridgehead atoms. The summed E-state index contributed by atoms with van der Waals surface area (Å²) >= 11 is 0. The van der Waals surface area contributed by atoms with Gasteiger partial charge in [-0.3, -0.25) is 0 Å². The van der Waals surface area contributed by atoms with Crippen LogP contribution in [-0.2, 0) is 0 Å². The third-order valence-corrected chi connectivity index (χ3v) is 3.09. The number of hydrogen-bond acceptors (Lipinski definition) is 4. The first-order valence-electron chi connectivity index (χ1n) is 6.38. The van der Waals surface area contributed by atoms with Crippen LogP contribution in [0.15, 0.2) is 54.6 Å². The smallest absolute Gasteiger partial charge is 0.221 e. The van der Waals surface area contributed by atoms with Crippen molar-refractivity contribution >= 4 is 11.6 Å². The quantitative estimate of drug-likeness (QED) is 0.707. The van der Waals surface area contributed by atoms with Crippen molar-refractivity contribution in [1.82, 2.24) is 9.97 Å². The average molecular weight is 280 g/mol. The van der Waals surface area contributed by atoms with Gasteiger partial charge in [-0.15, -0.1) is 0 Å². The number of nitrogens with zero attached hydrogens (tertiary/aromatic N) is 2. The van der Waals surface area contributed by atoms with Crippen molar-refractivity contribution in [1.29, 1.82) is 0 Å². The van der Waals surface area contributed by atoms with Crippen molar-refractivity contribution in [3.63, 3.8) is 0 Å². The Morgan fingerprint density at radius 2 is 1.19 bits per heavy atom. The third-order valence-electron chi connectivity index (χ3n) is 3.09. The van der Waals surface area contributed by atoms with Gasteiger partial charge in [0.2, 0.25) is 5.95 Å². The van der Waals surface area contributed by atoms with E-state index >= 15 is 0 Å². The van der Waals surface area contributed by atoms with Crippen LogP contribution in [0.25, 0.3) is 22.5 Å². The minimum atomic E-state index is -0.292. The second-order valence-electron chi connectivity index (χ2n) is 4.63. The molecular weight excluding hydrogens is 267 g/mol. The highest BCUT2D eigenvalue weighted by molar-refractivity contribution is 5.70. The van der Waals surface area contributed by atoms with Gasteiger partial charge in [-0.2, -0.15) is 0 Å². The average Bonchev–Trinajstić information content (AvgIpc) is 2.48. The zero-order chi connectivity index (χ0) is 14.8. The Morgan fingerprint density at radius 3 is 1.71 bits per heavy atom. The molecule has 4 nitrogen and oxygen atoms in total. The highest BCUT2D eigenvalue weighted by Crippen LogP contribution is 2.25.